The summed E-state index contributed by atoms with van der Waals surface area (Å²) in [6.45, 7) is 6.49. The van der Waals surface area contributed by atoms with E-state index in [2.05, 4.69) is 9.97 Å². The molecule has 12 heteroatoms. The number of fused-ring (bicyclic) bond motifs is 1. The van der Waals surface area contributed by atoms with Crippen molar-refractivity contribution in [2.75, 3.05) is 33.4 Å². The molecule has 3 heterocycles. The van der Waals surface area contributed by atoms with Crippen LogP contribution in [0.3, 0.4) is 0 Å². The van der Waals surface area contributed by atoms with Crippen molar-refractivity contribution in [1.29, 1.82) is 0 Å². The van der Waals surface area contributed by atoms with Gasteiger partial charge in [0.1, 0.15) is 28.5 Å². The molecule has 1 fully saturated rings. The van der Waals surface area contributed by atoms with E-state index >= 15 is 0 Å². The van der Waals surface area contributed by atoms with Gasteiger partial charge >= 0.3 is 12.3 Å². The van der Waals surface area contributed by atoms with Gasteiger partial charge in [0.05, 0.1) is 24.4 Å². The molecule has 1 atom stereocenters. The van der Waals surface area contributed by atoms with Crippen LogP contribution < -0.4 is 4.74 Å². The van der Waals surface area contributed by atoms with E-state index in [-0.39, 0.29) is 36.5 Å². The number of nitrogens with zero attached hydrogens (tertiary/aromatic N) is 4. The average molecular weight is 547 g/mol. The molecular weight excluding hydrogens is 517 g/mol. The second-order valence-electron chi connectivity index (χ2n) is 10.1. The van der Waals surface area contributed by atoms with Crippen molar-refractivity contribution in [3.8, 4) is 11.5 Å². The second kappa shape index (κ2) is 11.0. The van der Waals surface area contributed by atoms with Gasteiger partial charge in [-0.05, 0) is 57.2 Å². The maximum atomic E-state index is 13.3. The Balaban J connectivity index is 1.45. The van der Waals surface area contributed by atoms with E-state index in [4.69, 9.17) is 14.2 Å². The van der Waals surface area contributed by atoms with E-state index in [0.29, 0.717) is 29.7 Å². The van der Waals surface area contributed by atoms with Gasteiger partial charge in [0.15, 0.2) is 0 Å². The number of hydrogen-bond acceptors (Lipinski definition) is 7. The Bertz CT molecular complexity index is 1340. The Morgan fingerprint density at radius 2 is 1.77 bits per heavy atom. The molecule has 2 amide bonds. The molecule has 0 aliphatic carbocycles. The van der Waals surface area contributed by atoms with E-state index in [1.54, 1.807) is 60.9 Å². The first kappa shape index (κ1) is 28.1. The van der Waals surface area contributed by atoms with E-state index < -0.39 is 23.6 Å². The zero-order valence-corrected chi connectivity index (χ0v) is 22.0. The summed E-state index contributed by atoms with van der Waals surface area (Å²) in [7, 11) is 1.53. The van der Waals surface area contributed by atoms with Crippen LogP contribution in [0.25, 0.3) is 10.9 Å². The number of methoxy groups -OCH3 is 1. The molecule has 3 aromatic rings. The van der Waals surface area contributed by atoms with Crippen LogP contribution in [0.1, 0.15) is 37.0 Å². The van der Waals surface area contributed by atoms with Crippen LogP contribution in [0.15, 0.2) is 48.7 Å². The first-order valence-electron chi connectivity index (χ1n) is 12.2. The zero-order chi connectivity index (χ0) is 28.4. The minimum Gasteiger partial charge on any atom is -0.456 e. The lowest BCUT2D eigenvalue weighted by molar-refractivity contribution is -0.141. The molecule has 1 aliphatic rings. The Labute approximate surface area is 223 Å². The number of hydrogen-bond donors (Lipinski definition) is 0. The van der Waals surface area contributed by atoms with Crippen LogP contribution >= 0.6 is 0 Å². The minimum atomic E-state index is -4.53. The van der Waals surface area contributed by atoms with E-state index in [0.717, 1.165) is 12.3 Å². The third-order valence-corrected chi connectivity index (χ3v) is 5.90. The molecule has 39 heavy (non-hydrogen) atoms. The largest absolute Gasteiger partial charge is 0.456 e. The van der Waals surface area contributed by atoms with Crippen molar-refractivity contribution >= 4 is 22.9 Å². The van der Waals surface area contributed by atoms with Gasteiger partial charge in [-0.25, -0.2) is 14.8 Å². The predicted molar refractivity (Wildman–Crippen MR) is 136 cm³/mol. The van der Waals surface area contributed by atoms with Crippen LogP contribution in [-0.2, 0) is 15.7 Å². The lowest BCUT2D eigenvalue weighted by Crippen LogP contribution is -2.58. The summed E-state index contributed by atoms with van der Waals surface area (Å²) in [5.74, 6) is 0.252. The average Bonchev–Trinajstić information content (AvgIpc) is 2.87. The lowest BCUT2D eigenvalue weighted by Gasteiger charge is -2.41. The van der Waals surface area contributed by atoms with E-state index in [1.165, 1.54) is 13.2 Å². The number of aromatic nitrogens is 2. The second-order valence-corrected chi connectivity index (χ2v) is 10.1. The number of halogens is 3. The standard InChI is InChI=1S/C27H29F3N4O5/c1-26(2,3)39-25(36)34-12-11-33(15-18(34)16-37-4)24(35)22-8-5-17-13-19(6-9-21(17)32-22)38-20-7-10-23(31-14-20)27(28,29)30/h5-10,13-14,18H,11-12,15-16H2,1-4H3/t18-/m1/s1. The molecule has 9 nitrogen and oxygen atoms in total. The maximum absolute atomic E-state index is 13.3. The fourth-order valence-electron chi connectivity index (χ4n) is 4.13. The van der Waals surface area contributed by atoms with E-state index in [1.807, 2.05) is 0 Å². The highest BCUT2D eigenvalue weighted by Crippen LogP contribution is 2.30. The van der Waals surface area contributed by atoms with Gasteiger partial charge in [0.25, 0.3) is 5.91 Å². The topological polar surface area (TPSA) is 94.1 Å². The molecule has 1 aliphatic heterocycles. The maximum Gasteiger partial charge on any atom is 0.433 e. The van der Waals surface area contributed by atoms with Crippen molar-refractivity contribution in [3.63, 3.8) is 0 Å². The van der Waals surface area contributed by atoms with Crippen molar-refractivity contribution in [2.24, 2.45) is 0 Å². The summed E-state index contributed by atoms with van der Waals surface area (Å²) in [6, 6.07) is 9.92. The highest BCUT2D eigenvalue weighted by Gasteiger charge is 2.35. The number of alkyl halides is 3. The number of pyridine rings is 2. The van der Waals surface area contributed by atoms with Crippen LogP contribution in [0, 0.1) is 0 Å². The Kier molecular flexibility index (Phi) is 7.96. The molecule has 1 saturated heterocycles. The van der Waals surface area contributed by atoms with Crippen molar-refractivity contribution in [2.45, 2.75) is 38.6 Å². The number of carbonyl (C=O) groups excluding carboxylic acids is 2. The fourth-order valence-corrected chi connectivity index (χ4v) is 4.13. The summed E-state index contributed by atoms with van der Waals surface area (Å²) in [6.07, 6.45) is -3.98. The van der Waals surface area contributed by atoms with Crippen molar-refractivity contribution < 1.29 is 37.0 Å². The number of rotatable bonds is 5. The summed E-state index contributed by atoms with van der Waals surface area (Å²) in [4.78, 5) is 37.0. The quantitative estimate of drug-likeness (QED) is 0.437. The lowest BCUT2D eigenvalue weighted by atomic mass is 10.1. The molecule has 4 rings (SSSR count). The summed E-state index contributed by atoms with van der Waals surface area (Å²) in [5.41, 5.74) is -0.866. The Hall–Kier alpha value is -3.93. The molecule has 2 aromatic heterocycles. The molecule has 208 valence electrons. The summed E-state index contributed by atoms with van der Waals surface area (Å²) >= 11 is 0. The molecule has 0 spiro atoms. The molecule has 0 N–H and O–H groups in total. The van der Waals surface area contributed by atoms with Crippen LogP contribution in [0.4, 0.5) is 18.0 Å². The predicted octanol–water partition coefficient (Wildman–Crippen LogP) is 5.15. The van der Waals surface area contributed by atoms with Gasteiger partial charge in [-0.2, -0.15) is 13.2 Å². The number of ether oxygens (including phenoxy) is 3. The van der Waals surface area contributed by atoms with Gasteiger partial charge in [0.2, 0.25) is 0 Å². The van der Waals surface area contributed by atoms with Crippen LogP contribution in [-0.4, -0.2) is 76.8 Å². The molecule has 0 unspecified atom stereocenters. The third kappa shape index (κ3) is 6.94. The minimum absolute atomic E-state index is 0.151. The highest BCUT2D eigenvalue weighted by atomic mass is 19.4. The molecule has 0 bridgehead atoms. The van der Waals surface area contributed by atoms with Crippen LogP contribution in [0.5, 0.6) is 11.5 Å². The number of benzene rings is 1. The summed E-state index contributed by atoms with van der Waals surface area (Å²) in [5, 5.41) is 0.677. The van der Waals surface area contributed by atoms with Crippen molar-refractivity contribution in [3.05, 3.63) is 60.0 Å². The van der Waals surface area contributed by atoms with Gasteiger partial charge in [-0.15, -0.1) is 0 Å². The normalized spacial score (nSPS) is 16.3. The zero-order valence-electron chi connectivity index (χ0n) is 22.0. The van der Waals surface area contributed by atoms with Gasteiger partial charge in [-0.3, -0.25) is 9.69 Å². The number of piperazine rings is 1. The Morgan fingerprint density at radius 1 is 1.03 bits per heavy atom. The van der Waals surface area contributed by atoms with Gasteiger partial charge < -0.3 is 19.1 Å². The van der Waals surface area contributed by atoms with Crippen molar-refractivity contribution in [1.82, 2.24) is 19.8 Å². The monoisotopic (exact) mass is 546 g/mol. The highest BCUT2D eigenvalue weighted by molar-refractivity contribution is 5.95. The van der Waals surface area contributed by atoms with Gasteiger partial charge in [0, 0.05) is 32.1 Å². The molecule has 1 aromatic carbocycles. The number of amides is 2. The molecular formula is C27H29F3N4O5. The van der Waals surface area contributed by atoms with E-state index in [9.17, 15) is 22.8 Å². The SMILES string of the molecule is COC[C@H]1CN(C(=O)c2ccc3cc(Oc4ccc(C(F)(F)F)nc4)ccc3n2)CCN1C(=O)OC(C)(C)C. The first-order valence-corrected chi connectivity index (χ1v) is 12.2. The molecule has 0 saturated carbocycles. The van der Waals surface area contributed by atoms with Gasteiger partial charge in [-0.1, -0.05) is 6.07 Å². The smallest absolute Gasteiger partial charge is 0.433 e. The summed E-state index contributed by atoms with van der Waals surface area (Å²) < 4.78 is 54.6. The Morgan fingerprint density at radius 3 is 2.41 bits per heavy atom. The fraction of sp³-hybridized carbons (Fsp3) is 0.407. The third-order valence-electron chi connectivity index (χ3n) is 5.90. The van der Waals surface area contributed by atoms with Crippen LogP contribution in [0.2, 0.25) is 0 Å². The number of carbonyl (C=O) groups is 2. The molecule has 0 radical (unpaired) electrons. The first-order chi connectivity index (χ1) is 18.3.